The number of aromatic nitrogens is 1. The number of benzene rings is 3. The molecule has 2 N–H and O–H groups in total. The van der Waals surface area contributed by atoms with Crippen LogP contribution in [-0.4, -0.2) is 34.8 Å². The van der Waals surface area contributed by atoms with Gasteiger partial charge in [0.15, 0.2) is 0 Å². The third-order valence-electron chi connectivity index (χ3n) is 5.75. The molecule has 4 aromatic rings. The van der Waals surface area contributed by atoms with Crippen LogP contribution in [0.25, 0.3) is 10.9 Å². The highest BCUT2D eigenvalue weighted by atomic mass is 16.5. The van der Waals surface area contributed by atoms with Gasteiger partial charge < -0.3 is 19.7 Å². The van der Waals surface area contributed by atoms with Crippen molar-refractivity contribution >= 4 is 16.8 Å². The monoisotopic (exact) mass is 428 g/mol. The average Bonchev–Trinajstić information content (AvgIpc) is 3.22. The second kappa shape index (κ2) is 9.28. The van der Waals surface area contributed by atoms with E-state index in [0.717, 1.165) is 28.8 Å². The molecule has 5 nitrogen and oxygen atoms in total. The SMILES string of the molecule is COc1ccc(CC(C)(CO)NC(=O)c2ccc3c(ccn3Cc3ccccc3)c2)cc1. The predicted octanol–water partition coefficient (Wildman–Crippen LogP) is 4.42. The fourth-order valence-corrected chi connectivity index (χ4v) is 3.94. The molecule has 0 bridgehead atoms. The highest BCUT2D eigenvalue weighted by molar-refractivity contribution is 5.98. The van der Waals surface area contributed by atoms with Gasteiger partial charge in [-0.15, -0.1) is 0 Å². The van der Waals surface area contributed by atoms with Crippen molar-refractivity contribution in [2.45, 2.75) is 25.4 Å². The number of rotatable bonds is 8. The first-order chi connectivity index (χ1) is 15.5. The van der Waals surface area contributed by atoms with Gasteiger partial charge in [-0.3, -0.25) is 4.79 Å². The Labute approximate surface area is 188 Å². The second-order valence-corrected chi connectivity index (χ2v) is 8.40. The summed E-state index contributed by atoms with van der Waals surface area (Å²) in [6.07, 6.45) is 2.55. The van der Waals surface area contributed by atoms with Crippen LogP contribution in [-0.2, 0) is 13.0 Å². The van der Waals surface area contributed by atoms with E-state index in [4.69, 9.17) is 4.74 Å². The molecule has 1 heterocycles. The molecule has 1 atom stereocenters. The van der Waals surface area contributed by atoms with Gasteiger partial charge in [0.25, 0.3) is 5.91 Å². The fraction of sp³-hybridized carbons (Fsp3) is 0.222. The lowest BCUT2D eigenvalue weighted by Crippen LogP contribution is -2.50. The summed E-state index contributed by atoms with van der Waals surface area (Å²) >= 11 is 0. The number of carbonyl (C=O) groups is 1. The number of methoxy groups -OCH3 is 1. The molecule has 1 unspecified atom stereocenters. The maximum Gasteiger partial charge on any atom is 0.251 e. The van der Waals surface area contributed by atoms with Crippen LogP contribution in [0, 0.1) is 0 Å². The summed E-state index contributed by atoms with van der Waals surface area (Å²) < 4.78 is 7.37. The topological polar surface area (TPSA) is 63.5 Å². The first-order valence-electron chi connectivity index (χ1n) is 10.7. The van der Waals surface area contributed by atoms with Crippen molar-refractivity contribution in [2.24, 2.45) is 0 Å². The van der Waals surface area contributed by atoms with E-state index >= 15 is 0 Å². The molecule has 0 aliphatic heterocycles. The molecule has 5 heteroatoms. The van der Waals surface area contributed by atoms with Gasteiger partial charge in [-0.25, -0.2) is 0 Å². The molecule has 0 spiro atoms. The third-order valence-corrected chi connectivity index (χ3v) is 5.75. The highest BCUT2D eigenvalue weighted by Crippen LogP contribution is 2.21. The van der Waals surface area contributed by atoms with Gasteiger partial charge in [0.1, 0.15) is 5.75 Å². The summed E-state index contributed by atoms with van der Waals surface area (Å²) in [5.74, 6) is 0.573. The molecule has 0 saturated heterocycles. The van der Waals surface area contributed by atoms with E-state index in [1.54, 1.807) is 7.11 Å². The van der Waals surface area contributed by atoms with Crippen molar-refractivity contribution in [1.29, 1.82) is 0 Å². The Morgan fingerprint density at radius 1 is 1.00 bits per heavy atom. The lowest BCUT2D eigenvalue weighted by atomic mass is 9.93. The summed E-state index contributed by atoms with van der Waals surface area (Å²) in [5.41, 5.74) is 3.11. The smallest absolute Gasteiger partial charge is 0.251 e. The molecule has 0 aliphatic carbocycles. The molecule has 0 fully saturated rings. The summed E-state index contributed by atoms with van der Waals surface area (Å²) in [7, 11) is 1.62. The molecule has 4 rings (SSSR count). The zero-order valence-electron chi connectivity index (χ0n) is 18.4. The van der Waals surface area contributed by atoms with E-state index < -0.39 is 5.54 Å². The lowest BCUT2D eigenvalue weighted by Gasteiger charge is -2.29. The highest BCUT2D eigenvalue weighted by Gasteiger charge is 2.27. The molecule has 1 amide bonds. The normalized spacial score (nSPS) is 13.0. The zero-order chi connectivity index (χ0) is 22.6. The molecule has 0 aliphatic rings. The van der Waals surface area contributed by atoms with Crippen molar-refractivity contribution in [1.82, 2.24) is 9.88 Å². The third kappa shape index (κ3) is 4.84. The van der Waals surface area contributed by atoms with Gasteiger partial charge in [-0.05, 0) is 60.9 Å². The Morgan fingerprint density at radius 2 is 1.75 bits per heavy atom. The number of nitrogens with zero attached hydrogens (tertiary/aromatic N) is 1. The number of aliphatic hydroxyl groups excluding tert-OH is 1. The minimum Gasteiger partial charge on any atom is -0.497 e. The van der Waals surface area contributed by atoms with Gasteiger partial charge in [-0.2, -0.15) is 0 Å². The minimum atomic E-state index is -0.778. The first-order valence-corrected chi connectivity index (χ1v) is 10.7. The zero-order valence-corrected chi connectivity index (χ0v) is 18.4. The number of ether oxygens (including phenoxy) is 1. The quantitative estimate of drug-likeness (QED) is 0.437. The number of hydrogen-bond donors (Lipinski definition) is 2. The molecule has 1 aromatic heterocycles. The van der Waals surface area contributed by atoms with Crippen LogP contribution in [0.15, 0.2) is 85.1 Å². The fourth-order valence-electron chi connectivity index (χ4n) is 3.94. The van der Waals surface area contributed by atoms with Crippen molar-refractivity contribution < 1.29 is 14.6 Å². The summed E-state index contributed by atoms with van der Waals surface area (Å²) in [5, 5.41) is 14.0. The van der Waals surface area contributed by atoms with Crippen LogP contribution in [0.5, 0.6) is 5.75 Å². The van der Waals surface area contributed by atoms with Gasteiger partial charge in [0.2, 0.25) is 0 Å². The van der Waals surface area contributed by atoms with E-state index in [-0.39, 0.29) is 12.5 Å². The Bertz CT molecular complexity index is 1200. The molecule has 0 saturated carbocycles. The maximum atomic E-state index is 13.0. The van der Waals surface area contributed by atoms with Gasteiger partial charge in [0, 0.05) is 29.2 Å². The van der Waals surface area contributed by atoms with Crippen LogP contribution in [0.2, 0.25) is 0 Å². The van der Waals surface area contributed by atoms with Crippen LogP contribution in [0.3, 0.4) is 0 Å². The maximum absolute atomic E-state index is 13.0. The van der Waals surface area contributed by atoms with Crippen LogP contribution in [0.4, 0.5) is 0 Å². The molecule has 32 heavy (non-hydrogen) atoms. The summed E-state index contributed by atoms with van der Waals surface area (Å²) in [6, 6.07) is 25.7. The average molecular weight is 429 g/mol. The van der Waals surface area contributed by atoms with Gasteiger partial charge >= 0.3 is 0 Å². The van der Waals surface area contributed by atoms with E-state index in [0.29, 0.717) is 12.0 Å². The van der Waals surface area contributed by atoms with E-state index in [1.807, 2.05) is 79.9 Å². The van der Waals surface area contributed by atoms with Crippen LogP contribution in [0.1, 0.15) is 28.4 Å². The van der Waals surface area contributed by atoms with E-state index in [2.05, 4.69) is 22.0 Å². The largest absolute Gasteiger partial charge is 0.497 e. The summed E-state index contributed by atoms with van der Waals surface area (Å²) in [4.78, 5) is 13.0. The molecule has 164 valence electrons. The molecule has 3 aromatic carbocycles. The standard InChI is InChI=1S/C27H28N2O3/c1-27(19-30,17-20-8-11-24(32-2)12-9-20)28-26(31)23-10-13-25-22(16-23)14-15-29(25)18-21-6-4-3-5-7-21/h3-16,30H,17-19H2,1-2H3,(H,28,31). The number of nitrogens with one attached hydrogen (secondary N) is 1. The molecular formula is C27H28N2O3. The molecular weight excluding hydrogens is 400 g/mol. The molecule has 0 radical (unpaired) electrons. The first kappa shape index (κ1) is 21.7. The Morgan fingerprint density at radius 3 is 2.44 bits per heavy atom. The van der Waals surface area contributed by atoms with Crippen molar-refractivity contribution in [3.63, 3.8) is 0 Å². The Hall–Kier alpha value is -3.57. The van der Waals surface area contributed by atoms with E-state index in [1.165, 1.54) is 5.56 Å². The van der Waals surface area contributed by atoms with Gasteiger partial charge in [0.05, 0.1) is 19.3 Å². The summed E-state index contributed by atoms with van der Waals surface area (Å²) in [6.45, 7) is 2.46. The van der Waals surface area contributed by atoms with Crippen LogP contribution >= 0.6 is 0 Å². The second-order valence-electron chi connectivity index (χ2n) is 8.40. The van der Waals surface area contributed by atoms with Crippen molar-refractivity contribution in [3.8, 4) is 5.75 Å². The number of hydrogen-bond acceptors (Lipinski definition) is 3. The Balaban J connectivity index is 1.49. The predicted molar refractivity (Wildman–Crippen MR) is 127 cm³/mol. The van der Waals surface area contributed by atoms with Gasteiger partial charge in [-0.1, -0.05) is 42.5 Å². The number of aliphatic hydroxyl groups is 1. The van der Waals surface area contributed by atoms with E-state index in [9.17, 15) is 9.90 Å². The van der Waals surface area contributed by atoms with Crippen LogP contribution < -0.4 is 10.1 Å². The number of fused-ring (bicyclic) bond motifs is 1. The van der Waals surface area contributed by atoms with Crippen molar-refractivity contribution in [2.75, 3.05) is 13.7 Å². The Kier molecular flexibility index (Phi) is 6.28. The van der Waals surface area contributed by atoms with Crippen molar-refractivity contribution in [3.05, 3.63) is 102 Å². The lowest BCUT2D eigenvalue weighted by molar-refractivity contribution is 0.0852. The number of carbonyl (C=O) groups excluding carboxylic acids is 1. The number of amides is 1. The minimum absolute atomic E-state index is 0.166.